The standard InChI is InChI=1S/C24H25N3O5S2/c1-9(23(30)31)27-21(28)16-12-8-13(17(16)22(27)29)18-15(12)14(19-20(33-18)25-24(32)34-19)10-4-6-11(7-5-10)26(2)3/h4-7,9,12-18H,8H2,1-3H3,(H,25,32)(H,30,31)/t9-,12+,13-,14+,15-,16-,17-,18+/m0/s1. The van der Waals surface area contributed by atoms with Gasteiger partial charge in [-0.3, -0.25) is 19.3 Å². The Morgan fingerprint density at radius 3 is 2.38 bits per heavy atom. The van der Waals surface area contributed by atoms with Crippen LogP contribution in [0.25, 0.3) is 0 Å². The van der Waals surface area contributed by atoms with E-state index in [1.54, 1.807) is 11.8 Å². The van der Waals surface area contributed by atoms with Gasteiger partial charge >= 0.3 is 10.8 Å². The van der Waals surface area contributed by atoms with E-state index < -0.39 is 23.8 Å². The molecular formula is C24H25N3O5S2. The number of aliphatic carboxylic acids is 1. The highest BCUT2D eigenvalue weighted by Gasteiger charge is 2.70. The van der Waals surface area contributed by atoms with Crippen LogP contribution in [-0.2, 0) is 14.4 Å². The highest BCUT2D eigenvalue weighted by Crippen LogP contribution is 2.68. The fourth-order valence-corrected chi connectivity index (χ4v) is 9.77. The number of carbonyl (C=O) groups excluding carboxylic acids is 2. The van der Waals surface area contributed by atoms with E-state index in [1.165, 1.54) is 18.3 Å². The number of imide groups is 1. The molecule has 1 saturated heterocycles. The van der Waals surface area contributed by atoms with Crippen LogP contribution in [0, 0.1) is 29.6 Å². The van der Waals surface area contributed by atoms with Crippen molar-refractivity contribution in [2.45, 2.75) is 35.6 Å². The molecule has 8 atom stereocenters. The van der Waals surface area contributed by atoms with Gasteiger partial charge in [-0.2, -0.15) is 0 Å². The molecule has 3 heterocycles. The van der Waals surface area contributed by atoms with Gasteiger partial charge in [0, 0.05) is 35.8 Å². The van der Waals surface area contributed by atoms with Crippen LogP contribution in [0.5, 0.6) is 0 Å². The molecule has 2 amide bonds. The third-order valence-electron chi connectivity index (χ3n) is 8.27. The number of thioether (sulfide) groups is 1. The van der Waals surface area contributed by atoms with Crippen LogP contribution < -0.4 is 9.77 Å². The third kappa shape index (κ3) is 2.84. The van der Waals surface area contributed by atoms with E-state index in [1.807, 2.05) is 19.0 Å². The summed E-state index contributed by atoms with van der Waals surface area (Å²) < 4.78 is 0. The zero-order chi connectivity index (χ0) is 24.0. The maximum atomic E-state index is 13.4. The maximum absolute atomic E-state index is 13.4. The second kappa shape index (κ2) is 7.45. The first kappa shape index (κ1) is 21.9. The summed E-state index contributed by atoms with van der Waals surface area (Å²) in [6.45, 7) is 1.40. The number of carboxylic acids is 1. The number of carbonyl (C=O) groups is 3. The van der Waals surface area contributed by atoms with Crippen LogP contribution in [0.15, 0.2) is 34.1 Å². The number of carboxylic acid groups (broad SMARTS) is 1. The molecule has 2 N–H and O–H groups in total. The zero-order valence-corrected chi connectivity index (χ0v) is 20.6. The third-order valence-corrected chi connectivity index (χ3v) is 10.9. The van der Waals surface area contributed by atoms with E-state index >= 15 is 0 Å². The van der Waals surface area contributed by atoms with Crippen molar-refractivity contribution in [2.24, 2.45) is 29.6 Å². The summed E-state index contributed by atoms with van der Waals surface area (Å²) in [6.07, 6.45) is 0.788. The van der Waals surface area contributed by atoms with Crippen LogP contribution in [0.1, 0.15) is 29.7 Å². The molecule has 4 aliphatic rings. The van der Waals surface area contributed by atoms with Gasteiger partial charge in [-0.1, -0.05) is 23.5 Å². The Labute approximate surface area is 204 Å². The van der Waals surface area contributed by atoms with Crippen LogP contribution in [-0.4, -0.2) is 58.2 Å². The number of benzene rings is 1. The van der Waals surface area contributed by atoms with Crippen molar-refractivity contribution in [2.75, 3.05) is 19.0 Å². The summed E-state index contributed by atoms with van der Waals surface area (Å²) >= 11 is 2.87. The molecule has 0 radical (unpaired) electrons. The Balaban J connectivity index is 1.43. The number of fused-ring (bicyclic) bond motifs is 9. The second-order valence-corrected chi connectivity index (χ2v) is 12.2. The van der Waals surface area contributed by atoms with Gasteiger partial charge in [-0.05, 0) is 48.8 Å². The number of anilines is 1. The summed E-state index contributed by atoms with van der Waals surface area (Å²) in [6, 6.07) is 7.18. The molecule has 2 saturated carbocycles. The van der Waals surface area contributed by atoms with Gasteiger partial charge in [0.15, 0.2) is 0 Å². The number of rotatable bonds is 4. The first-order valence-corrected chi connectivity index (χ1v) is 13.1. The van der Waals surface area contributed by atoms with Gasteiger partial charge in [-0.15, -0.1) is 11.8 Å². The lowest BCUT2D eigenvalue weighted by atomic mass is 9.68. The lowest BCUT2D eigenvalue weighted by Gasteiger charge is -2.43. The Kier molecular flexibility index (Phi) is 4.80. The zero-order valence-electron chi connectivity index (χ0n) is 18.9. The van der Waals surface area contributed by atoms with Gasteiger partial charge in [0.2, 0.25) is 11.8 Å². The summed E-state index contributed by atoms with van der Waals surface area (Å²) in [5.74, 6) is -2.73. The predicted molar refractivity (Wildman–Crippen MR) is 128 cm³/mol. The van der Waals surface area contributed by atoms with Crippen molar-refractivity contribution in [3.63, 3.8) is 0 Å². The van der Waals surface area contributed by atoms with Gasteiger partial charge in [0.05, 0.1) is 16.9 Å². The number of amides is 2. The number of hydrogen-bond donors (Lipinski definition) is 2. The number of hydrogen-bond acceptors (Lipinski definition) is 7. The summed E-state index contributed by atoms with van der Waals surface area (Å²) in [5.41, 5.74) is 2.19. The summed E-state index contributed by atoms with van der Waals surface area (Å²) in [4.78, 5) is 57.6. The van der Waals surface area contributed by atoms with Crippen LogP contribution in [0.3, 0.4) is 0 Å². The highest BCUT2D eigenvalue weighted by molar-refractivity contribution is 8.00. The van der Waals surface area contributed by atoms with Gasteiger partial charge in [0.1, 0.15) is 6.04 Å². The van der Waals surface area contributed by atoms with Crippen molar-refractivity contribution >= 4 is 46.6 Å². The van der Waals surface area contributed by atoms with Gasteiger partial charge < -0.3 is 15.0 Å². The largest absolute Gasteiger partial charge is 0.480 e. The average molecular weight is 500 g/mol. The van der Waals surface area contributed by atoms with E-state index in [0.29, 0.717) is 0 Å². The van der Waals surface area contributed by atoms with E-state index in [-0.39, 0.29) is 45.6 Å². The molecule has 8 nitrogen and oxygen atoms in total. The fraction of sp³-hybridized carbons (Fsp3) is 0.500. The number of nitrogens with one attached hydrogen (secondary N) is 1. The van der Waals surface area contributed by atoms with Gasteiger partial charge in [0.25, 0.3) is 0 Å². The molecule has 2 aliphatic carbocycles. The number of aromatic nitrogens is 1. The van der Waals surface area contributed by atoms with Crippen molar-refractivity contribution in [3.05, 3.63) is 44.4 Å². The predicted octanol–water partition coefficient (Wildman–Crippen LogP) is 2.45. The maximum Gasteiger partial charge on any atom is 0.326 e. The first-order chi connectivity index (χ1) is 16.2. The Morgan fingerprint density at radius 2 is 1.76 bits per heavy atom. The van der Waals surface area contributed by atoms with Gasteiger partial charge in [-0.25, -0.2) is 4.79 Å². The van der Waals surface area contributed by atoms with Crippen molar-refractivity contribution in [1.82, 2.24) is 9.88 Å². The SMILES string of the molecule is C[C@@H](C(=O)O)N1C(=O)[C@H]2[C@@H]3C[C@@H]([C@@H]2C1=O)[C@H]1[C@@H](c2ccc(N(C)C)cc2)c2sc(=O)[nH]c2S[C@H]31. The van der Waals surface area contributed by atoms with E-state index in [9.17, 15) is 24.3 Å². The Morgan fingerprint density at radius 1 is 1.12 bits per heavy atom. The normalized spacial score (nSPS) is 34.1. The minimum absolute atomic E-state index is 0.00690. The van der Waals surface area contributed by atoms with Crippen molar-refractivity contribution < 1.29 is 19.5 Å². The molecule has 2 bridgehead atoms. The number of aromatic amines is 1. The number of nitrogens with zero attached hydrogens (tertiary/aromatic N) is 2. The highest BCUT2D eigenvalue weighted by atomic mass is 32.2. The molecule has 2 aromatic rings. The van der Waals surface area contributed by atoms with Crippen molar-refractivity contribution in [3.8, 4) is 0 Å². The lowest BCUT2D eigenvalue weighted by molar-refractivity contribution is -0.154. The first-order valence-electron chi connectivity index (χ1n) is 11.5. The van der Waals surface area contributed by atoms with Crippen LogP contribution >= 0.6 is 23.1 Å². The van der Waals surface area contributed by atoms with Crippen molar-refractivity contribution in [1.29, 1.82) is 0 Å². The topological polar surface area (TPSA) is 111 Å². The number of H-pyrrole nitrogens is 1. The molecule has 3 fully saturated rings. The van der Waals surface area contributed by atoms with E-state index in [2.05, 4.69) is 29.2 Å². The molecule has 34 heavy (non-hydrogen) atoms. The number of thiazole rings is 1. The molecule has 178 valence electrons. The fourth-order valence-electron chi connectivity index (χ4n) is 6.89. The quantitative estimate of drug-likeness (QED) is 0.622. The molecule has 1 aromatic heterocycles. The molecule has 0 unspecified atom stereocenters. The second-order valence-electron chi connectivity index (χ2n) is 10.0. The molecule has 10 heteroatoms. The molecule has 0 spiro atoms. The molecule has 1 aromatic carbocycles. The Bertz CT molecular complexity index is 1270. The average Bonchev–Trinajstić information content (AvgIpc) is 3.52. The smallest absolute Gasteiger partial charge is 0.326 e. The lowest BCUT2D eigenvalue weighted by Crippen LogP contribution is -2.44. The minimum Gasteiger partial charge on any atom is -0.480 e. The Hall–Kier alpha value is -2.59. The molecule has 6 rings (SSSR count). The minimum atomic E-state index is -1.17. The summed E-state index contributed by atoms with van der Waals surface area (Å²) in [7, 11) is 3.97. The summed E-state index contributed by atoms with van der Waals surface area (Å²) in [5, 5.41) is 10.4. The monoisotopic (exact) mass is 499 g/mol. The molecule has 2 aliphatic heterocycles. The number of likely N-dealkylation sites (tertiary alicyclic amines) is 1. The van der Waals surface area contributed by atoms with Crippen LogP contribution in [0.2, 0.25) is 0 Å². The van der Waals surface area contributed by atoms with E-state index in [0.717, 1.165) is 32.5 Å². The molecular weight excluding hydrogens is 474 g/mol. The van der Waals surface area contributed by atoms with E-state index in [4.69, 9.17) is 0 Å². The van der Waals surface area contributed by atoms with Crippen LogP contribution in [0.4, 0.5) is 5.69 Å².